The van der Waals surface area contributed by atoms with E-state index in [-0.39, 0.29) is 30.9 Å². The van der Waals surface area contributed by atoms with Crippen molar-refractivity contribution in [3.8, 4) is 17.1 Å². The molecule has 33 heavy (non-hydrogen) atoms. The van der Waals surface area contributed by atoms with Crippen LogP contribution in [0.3, 0.4) is 0 Å². The van der Waals surface area contributed by atoms with Gasteiger partial charge in [0.25, 0.3) is 0 Å². The Balaban J connectivity index is 1.39. The predicted molar refractivity (Wildman–Crippen MR) is 124 cm³/mol. The summed E-state index contributed by atoms with van der Waals surface area (Å²) in [5, 5.41) is 9.64. The number of hydrogen-bond donors (Lipinski definition) is 2. The summed E-state index contributed by atoms with van der Waals surface area (Å²) in [5.41, 5.74) is 2.48. The average molecular weight is 470 g/mol. The van der Waals surface area contributed by atoms with Gasteiger partial charge in [0.15, 0.2) is 5.82 Å². The lowest BCUT2D eigenvalue weighted by Crippen LogP contribution is -2.41. The number of sulfonamides is 1. The number of H-pyrrole nitrogens is 1. The predicted octanol–water partition coefficient (Wildman–Crippen LogP) is 3.14. The highest BCUT2D eigenvalue weighted by Crippen LogP contribution is 2.28. The van der Waals surface area contributed by atoms with Crippen molar-refractivity contribution in [2.75, 3.05) is 25.5 Å². The third kappa shape index (κ3) is 4.76. The Labute approximate surface area is 193 Å². The fourth-order valence-electron chi connectivity index (χ4n) is 4.08. The van der Waals surface area contributed by atoms with Crippen molar-refractivity contribution in [3.63, 3.8) is 0 Å². The zero-order chi connectivity index (χ0) is 23.6. The summed E-state index contributed by atoms with van der Waals surface area (Å²) in [5.74, 6) is 0.764. The van der Waals surface area contributed by atoms with Gasteiger partial charge in [-0.05, 0) is 50.5 Å². The fraction of sp³-hybridized carbons (Fsp3) is 0.348. The molecule has 9 nitrogen and oxygen atoms in total. The van der Waals surface area contributed by atoms with E-state index < -0.39 is 10.0 Å². The minimum atomic E-state index is -3.59. The minimum Gasteiger partial charge on any atom is -0.496 e. The van der Waals surface area contributed by atoms with Gasteiger partial charge in [-0.2, -0.15) is 9.29 Å². The zero-order valence-corrected chi connectivity index (χ0v) is 19.6. The van der Waals surface area contributed by atoms with Crippen molar-refractivity contribution in [1.29, 1.82) is 0 Å². The number of nitrogens with one attached hydrogen (secondary N) is 2. The van der Waals surface area contributed by atoms with Gasteiger partial charge >= 0.3 is 0 Å². The number of amides is 1. The van der Waals surface area contributed by atoms with Crippen molar-refractivity contribution in [3.05, 3.63) is 53.6 Å². The van der Waals surface area contributed by atoms with Crippen LogP contribution in [0.25, 0.3) is 11.4 Å². The molecule has 10 heteroatoms. The van der Waals surface area contributed by atoms with Crippen LogP contribution in [0.5, 0.6) is 5.75 Å². The third-order valence-corrected chi connectivity index (χ3v) is 7.91. The van der Waals surface area contributed by atoms with E-state index in [9.17, 15) is 13.2 Å². The molecule has 0 radical (unpaired) electrons. The Morgan fingerprint density at radius 3 is 2.58 bits per heavy atom. The molecule has 2 N–H and O–H groups in total. The number of aromatic nitrogens is 3. The fourth-order valence-corrected chi connectivity index (χ4v) is 5.75. The van der Waals surface area contributed by atoms with Crippen LogP contribution in [0.2, 0.25) is 0 Å². The molecule has 2 heterocycles. The standard InChI is InChI=1S/C23H27N5O4S/c1-15-8-9-20(16(2)14-15)33(30,31)28-12-10-17(11-13-28)22(29)25-23-24-21(26-27-23)18-6-4-5-7-19(18)32-3/h4-9,14,17H,10-13H2,1-3H3,(H2,24,25,26,27,29). The van der Waals surface area contributed by atoms with Gasteiger partial charge in [-0.15, -0.1) is 5.10 Å². The summed E-state index contributed by atoms with van der Waals surface area (Å²) in [6.07, 6.45) is 0.861. The summed E-state index contributed by atoms with van der Waals surface area (Å²) in [7, 11) is -2.02. The zero-order valence-electron chi connectivity index (χ0n) is 18.8. The number of methoxy groups -OCH3 is 1. The molecule has 1 aliphatic heterocycles. The molecule has 1 saturated heterocycles. The Kier molecular flexibility index (Phi) is 6.48. The van der Waals surface area contributed by atoms with Crippen LogP contribution in [-0.4, -0.2) is 54.0 Å². The molecule has 1 aromatic heterocycles. The van der Waals surface area contributed by atoms with E-state index in [1.165, 1.54) is 4.31 Å². The molecular weight excluding hydrogens is 442 g/mol. The maximum absolute atomic E-state index is 13.1. The second kappa shape index (κ2) is 9.32. The van der Waals surface area contributed by atoms with E-state index >= 15 is 0 Å². The normalized spacial score (nSPS) is 15.4. The minimum absolute atomic E-state index is 0.172. The van der Waals surface area contributed by atoms with E-state index in [1.54, 1.807) is 26.2 Å². The van der Waals surface area contributed by atoms with Gasteiger partial charge in [0.1, 0.15) is 5.75 Å². The molecular formula is C23H27N5O4S. The molecule has 1 fully saturated rings. The first-order valence-electron chi connectivity index (χ1n) is 10.7. The second-order valence-electron chi connectivity index (χ2n) is 8.14. The third-order valence-electron chi connectivity index (χ3n) is 5.86. The number of piperidine rings is 1. The second-order valence-corrected chi connectivity index (χ2v) is 10.1. The van der Waals surface area contributed by atoms with Gasteiger partial charge in [0, 0.05) is 19.0 Å². The van der Waals surface area contributed by atoms with Gasteiger partial charge in [-0.1, -0.05) is 29.8 Å². The number of carbonyl (C=O) groups excluding carboxylic acids is 1. The van der Waals surface area contributed by atoms with Crippen LogP contribution in [0.1, 0.15) is 24.0 Å². The number of ether oxygens (including phenoxy) is 1. The number of rotatable bonds is 6. The number of benzene rings is 2. The molecule has 4 rings (SSSR count). The van der Waals surface area contributed by atoms with Gasteiger partial charge in [-0.3, -0.25) is 15.2 Å². The molecule has 0 bridgehead atoms. The Bertz CT molecular complexity index is 1260. The van der Waals surface area contributed by atoms with Crippen molar-refractivity contribution < 1.29 is 17.9 Å². The first-order chi connectivity index (χ1) is 15.8. The Morgan fingerprint density at radius 1 is 1.15 bits per heavy atom. The highest BCUT2D eigenvalue weighted by atomic mass is 32.2. The maximum atomic E-state index is 13.1. The molecule has 0 saturated carbocycles. The molecule has 0 atom stereocenters. The quantitative estimate of drug-likeness (QED) is 0.573. The molecule has 1 aliphatic rings. The summed E-state index contributed by atoms with van der Waals surface area (Å²) < 4.78 is 32.9. The highest BCUT2D eigenvalue weighted by molar-refractivity contribution is 7.89. The van der Waals surface area contributed by atoms with Crippen LogP contribution < -0.4 is 10.1 Å². The number of nitrogens with zero attached hydrogens (tertiary/aromatic N) is 3. The van der Waals surface area contributed by atoms with E-state index in [1.807, 2.05) is 37.3 Å². The van der Waals surface area contributed by atoms with Crippen molar-refractivity contribution >= 4 is 21.9 Å². The van der Waals surface area contributed by atoms with E-state index in [0.717, 1.165) is 16.7 Å². The molecule has 0 unspecified atom stereocenters. The number of aromatic amines is 1. The summed E-state index contributed by atoms with van der Waals surface area (Å²) >= 11 is 0. The van der Waals surface area contributed by atoms with E-state index in [0.29, 0.717) is 29.3 Å². The highest BCUT2D eigenvalue weighted by Gasteiger charge is 2.33. The van der Waals surface area contributed by atoms with Crippen LogP contribution in [0.15, 0.2) is 47.4 Å². The van der Waals surface area contributed by atoms with Gasteiger partial charge in [0.2, 0.25) is 21.9 Å². The lowest BCUT2D eigenvalue weighted by atomic mass is 9.97. The number of hydrogen-bond acceptors (Lipinski definition) is 6. The smallest absolute Gasteiger partial charge is 0.249 e. The Morgan fingerprint density at radius 2 is 1.88 bits per heavy atom. The average Bonchev–Trinajstić information content (AvgIpc) is 3.27. The van der Waals surface area contributed by atoms with Crippen molar-refractivity contribution in [2.24, 2.45) is 5.92 Å². The van der Waals surface area contributed by atoms with Crippen LogP contribution >= 0.6 is 0 Å². The molecule has 0 aliphatic carbocycles. The van der Waals surface area contributed by atoms with E-state index in [4.69, 9.17) is 4.74 Å². The number of aryl methyl sites for hydroxylation is 2. The van der Waals surface area contributed by atoms with Crippen molar-refractivity contribution in [1.82, 2.24) is 19.5 Å². The largest absolute Gasteiger partial charge is 0.496 e. The number of anilines is 1. The topological polar surface area (TPSA) is 117 Å². The number of carbonyl (C=O) groups is 1. The van der Waals surface area contributed by atoms with Gasteiger partial charge in [-0.25, -0.2) is 8.42 Å². The van der Waals surface area contributed by atoms with Crippen molar-refractivity contribution in [2.45, 2.75) is 31.6 Å². The van der Waals surface area contributed by atoms with Crippen LogP contribution in [0, 0.1) is 19.8 Å². The summed E-state index contributed by atoms with van der Waals surface area (Å²) in [6, 6.07) is 12.7. The Hall–Kier alpha value is -3.24. The first-order valence-corrected chi connectivity index (χ1v) is 12.2. The lowest BCUT2D eigenvalue weighted by Gasteiger charge is -2.30. The molecule has 2 aromatic carbocycles. The summed E-state index contributed by atoms with van der Waals surface area (Å²) in [4.78, 5) is 17.4. The SMILES string of the molecule is COc1ccccc1-c1nc(NC(=O)C2CCN(S(=O)(=O)c3ccc(C)cc3C)CC2)n[nH]1. The monoisotopic (exact) mass is 469 g/mol. The first kappa shape index (κ1) is 22.9. The van der Waals surface area contributed by atoms with Crippen LogP contribution in [-0.2, 0) is 14.8 Å². The molecule has 3 aromatic rings. The van der Waals surface area contributed by atoms with Crippen LogP contribution in [0.4, 0.5) is 5.95 Å². The molecule has 174 valence electrons. The van der Waals surface area contributed by atoms with Gasteiger partial charge < -0.3 is 4.74 Å². The number of para-hydroxylation sites is 1. The van der Waals surface area contributed by atoms with E-state index in [2.05, 4.69) is 20.5 Å². The molecule has 1 amide bonds. The van der Waals surface area contributed by atoms with Gasteiger partial charge in [0.05, 0.1) is 17.6 Å². The summed E-state index contributed by atoms with van der Waals surface area (Å²) in [6.45, 7) is 4.31. The molecule has 0 spiro atoms. The maximum Gasteiger partial charge on any atom is 0.249 e. The lowest BCUT2D eigenvalue weighted by molar-refractivity contribution is -0.121.